The fraction of sp³-hybridized carbons (Fsp3) is 0.556. The SMILES string of the molecule is Cn1ccsc1=NC(=O)[C@H]1CNCCO1. The Kier molecular flexibility index (Phi) is 3.30. The number of aryl methyl sites for hydroxylation is 1. The van der Waals surface area contributed by atoms with Crippen LogP contribution in [0.15, 0.2) is 16.6 Å². The minimum Gasteiger partial charge on any atom is -0.366 e. The highest BCUT2D eigenvalue weighted by atomic mass is 32.1. The van der Waals surface area contributed by atoms with Crippen LogP contribution in [0.5, 0.6) is 0 Å². The zero-order valence-corrected chi connectivity index (χ0v) is 9.29. The van der Waals surface area contributed by atoms with Crippen molar-refractivity contribution in [3.05, 3.63) is 16.4 Å². The molecule has 1 aromatic rings. The molecule has 15 heavy (non-hydrogen) atoms. The second-order valence-corrected chi connectivity index (χ2v) is 4.18. The van der Waals surface area contributed by atoms with E-state index in [0.29, 0.717) is 18.0 Å². The van der Waals surface area contributed by atoms with Gasteiger partial charge in [0.25, 0.3) is 5.91 Å². The lowest BCUT2D eigenvalue weighted by Crippen LogP contribution is -2.43. The number of hydrogen-bond acceptors (Lipinski definition) is 4. The van der Waals surface area contributed by atoms with Gasteiger partial charge in [-0.3, -0.25) is 4.79 Å². The molecule has 1 atom stereocenters. The molecule has 0 bridgehead atoms. The van der Waals surface area contributed by atoms with Gasteiger partial charge < -0.3 is 14.6 Å². The van der Waals surface area contributed by atoms with Gasteiger partial charge in [0.2, 0.25) is 0 Å². The first kappa shape index (κ1) is 10.5. The summed E-state index contributed by atoms with van der Waals surface area (Å²) >= 11 is 1.44. The molecule has 82 valence electrons. The number of morpholine rings is 1. The molecule has 1 N–H and O–H groups in total. The Balaban J connectivity index is 2.12. The monoisotopic (exact) mass is 227 g/mol. The summed E-state index contributed by atoms with van der Waals surface area (Å²) in [6.45, 7) is 1.93. The first-order valence-electron chi connectivity index (χ1n) is 4.78. The summed E-state index contributed by atoms with van der Waals surface area (Å²) in [7, 11) is 1.86. The zero-order valence-electron chi connectivity index (χ0n) is 8.47. The van der Waals surface area contributed by atoms with Gasteiger partial charge >= 0.3 is 0 Å². The van der Waals surface area contributed by atoms with Crippen molar-refractivity contribution in [1.82, 2.24) is 9.88 Å². The molecular weight excluding hydrogens is 214 g/mol. The number of nitrogens with zero attached hydrogens (tertiary/aromatic N) is 2. The molecule has 2 heterocycles. The largest absolute Gasteiger partial charge is 0.366 e. The highest BCUT2D eigenvalue weighted by Crippen LogP contribution is 1.98. The van der Waals surface area contributed by atoms with Crippen LogP contribution in [0.1, 0.15) is 0 Å². The Morgan fingerprint density at radius 3 is 3.27 bits per heavy atom. The lowest BCUT2D eigenvalue weighted by Gasteiger charge is -2.20. The van der Waals surface area contributed by atoms with Crippen molar-refractivity contribution in [2.75, 3.05) is 19.7 Å². The van der Waals surface area contributed by atoms with E-state index in [9.17, 15) is 4.79 Å². The second-order valence-electron chi connectivity index (χ2n) is 3.31. The van der Waals surface area contributed by atoms with E-state index in [1.807, 2.05) is 23.2 Å². The average molecular weight is 227 g/mol. The van der Waals surface area contributed by atoms with E-state index in [1.165, 1.54) is 11.3 Å². The van der Waals surface area contributed by atoms with Gasteiger partial charge in [-0.1, -0.05) is 0 Å². The summed E-state index contributed by atoms with van der Waals surface area (Å²) in [6.07, 6.45) is 1.44. The van der Waals surface area contributed by atoms with Crippen molar-refractivity contribution in [2.24, 2.45) is 12.0 Å². The van der Waals surface area contributed by atoms with Gasteiger partial charge in [-0.25, -0.2) is 0 Å². The number of carbonyl (C=O) groups excluding carboxylic acids is 1. The summed E-state index contributed by atoms with van der Waals surface area (Å²) < 4.78 is 7.14. The standard InChI is InChI=1S/C9H13N3O2S/c1-12-3-5-15-9(12)11-8(13)7-6-10-2-4-14-7/h3,5,7,10H,2,4,6H2,1H3/t7-/m1/s1. The van der Waals surface area contributed by atoms with Gasteiger partial charge in [-0.2, -0.15) is 4.99 Å². The molecule has 2 rings (SSSR count). The molecule has 6 heteroatoms. The lowest BCUT2D eigenvalue weighted by atomic mass is 10.3. The molecule has 5 nitrogen and oxygen atoms in total. The topological polar surface area (TPSA) is 55.6 Å². The van der Waals surface area contributed by atoms with Gasteiger partial charge in [-0.05, 0) is 0 Å². The van der Waals surface area contributed by atoms with Crippen LogP contribution in [0.4, 0.5) is 0 Å². The van der Waals surface area contributed by atoms with E-state index >= 15 is 0 Å². The molecule has 0 unspecified atom stereocenters. The third-order valence-corrected chi connectivity index (χ3v) is 3.02. The van der Waals surface area contributed by atoms with Crippen molar-refractivity contribution >= 4 is 17.2 Å². The molecule has 1 amide bonds. The fourth-order valence-corrected chi connectivity index (χ4v) is 2.06. The van der Waals surface area contributed by atoms with Crippen molar-refractivity contribution in [1.29, 1.82) is 0 Å². The zero-order chi connectivity index (χ0) is 10.7. The number of carbonyl (C=O) groups is 1. The van der Waals surface area contributed by atoms with Gasteiger partial charge in [0.15, 0.2) is 10.9 Å². The van der Waals surface area contributed by atoms with E-state index in [-0.39, 0.29) is 5.91 Å². The third kappa shape index (κ3) is 2.53. The summed E-state index contributed by atoms with van der Waals surface area (Å²) in [5.41, 5.74) is 0. The van der Waals surface area contributed by atoms with Gasteiger partial charge in [0, 0.05) is 31.7 Å². The maximum Gasteiger partial charge on any atom is 0.278 e. The molecule has 1 aliphatic heterocycles. The Morgan fingerprint density at radius 2 is 2.67 bits per heavy atom. The van der Waals surface area contributed by atoms with E-state index < -0.39 is 6.10 Å². The fourth-order valence-electron chi connectivity index (χ4n) is 1.32. The highest BCUT2D eigenvalue weighted by molar-refractivity contribution is 7.07. The average Bonchev–Trinajstić information content (AvgIpc) is 2.66. The minimum atomic E-state index is -0.430. The van der Waals surface area contributed by atoms with Crippen LogP contribution in [0.25, 0.3) is 0 Å². The molecule has 0 radical (unpaired) electrons. The number of amides is 1. The molecule has 1 saturated heterocycles. The lowest BCUT2D eigenvalue weighted by molar-refractivity contribution is -0.130. The molecule has 0 saturated carbocycles. The first-order chi connectivity index (χ1) is 7.27. The minimum absolute atomic E-state index is 0.208. The van der Waals surface area contributed by atoms with Crippen LogP contribution >= 0.6 is 11.3 Å². The van der Waals surface area contributed by atoms with Gasteiger partial charge in [-0.15, -0.1) is 11.3 Å². The predicted octanol–water partition coefficient (Wildman–Crippen LogP) is -0.498. The van der Waals surface area contributed by atoms with Crippen LogP contribution in [0, 0.1) is 0 Å². The highest BCUT2D eigenvalue weighted by Gasteiger charge is 2.21. The molecule has 1 fully saturated rings. The number of ether oxygens (including phenoxy) is 1. The van der Waals surface area contributed by atoms with Crippen molar-refractivity contribution in [2.45, 2.75) is 6.10 Å². The smallest absolute Gasteiger partial charge is 0.278 e. The molecular formula is C9H13N3O2S. The second kappa shape index (κ2) is 4.69. The molecule has 1 aromatic heterocycles. The van der Waals surface area contributed by atoms with Crippen LogP contribution in [0.3, 0.4) is 0 Å². The van der Waals surface area contributed by atoms with Gasteiger partial charge in [0.05, 0.1) is 6.61 Å². The normalized spacial score (nSPS) is 23.0. The van der Waals surface area contributed by atoms with E-state index in [0.717, 1.165) is 6.54 Å². The Bertz CT molecular complexity index is 403. The molecule has 0 aromatic carbocycles. The number of aromatic nitrogens is 1. The number of rotatable bonds is 1. The van der Waals surface area contributed by atoms with Gasteiger partial charge in [0.1, 0.15) is 0 Å². The molecule has 0 aliphatic carbocycles. The Hall–Kier alpha value is -0.980. The Morgan fingerprint density at radius 1 is 1.80 bits per heavy atom. The molecule has 0 spiro atoms. The van der Waals surface area contributed by atoms with Crippen LogP contribution in [0.2, 0.25) is 0 Å². The van der Waals surface area contributed by atoms with Crippen LogP contribution in [-0.2, 0) is 16.6 Å². The number of hydrogen-bond donors (Lipinski definition) is 1. The summed E-state index contributed by atoms with van der Waals surface area (Å²) in [5.74, 6) is -0.208. The van der Waals surface area contributed by atoms with Crippen molar-refractivity contribution in [3.63, 3.8) is 0 Å². The predicted molar refractivity (Wildman–Crippen MR) is 56.5 cm³/mol. The third-order valence-electron chi connectivity index (χ3n) is 2.17. The Labute approximate surface area is 91.4 Å². The molecule has 1 aliphatic rings. The van der Waals surface area contributed by atoms with Crippen molar-refractivity contribution in [3.8, 4) is 0 Å². The maximum atomic E-state index is 11.7. The van der Waals surface area contributed by atoms with Crippen molar-refractivity contribution < 1.29 is 9.53 Å². The summed E-state index contributed by atoms with van der Waals surface area (Å²) in [5, 5.41) is 5.00. The number of thiazole rings is 1. The van der Waals surface area contributed by atoms with E-state index in [1.54, 1.807) is 0 Å². The maximum absolute atomic E-state index is 11.7. The van der Waals surface area contributed by atoms with Crippen LogP contribution in [-0.4, -0.2) is 36.3 Å². The summed E-state index contributed by atoms with van der Waals surface area (Å²) in [6, 6.07) is 0. The van der Waals surface area contributed by atoms with E-state index in [2.05, 4.69) is 10.3 Å². The number of nitrogens with one attached hydrogen (secondary N) is 1. The quantitative estimate of drug-likeness (QED) is 0.704. The van der Waals surface area contributed by atoms with E-state index in [4.69, 9.17) is 4.74 Å². The van der Waals surface area contributed by atoms with Crippen LogP contribution < -0.4 is 10.1 Å². The summed E-state index contributed by atoms with van der Waals surface area (Å²) in [4.78, 5) is 16.4. The first-order valence-corrected chi connectivity index (χ1v) is 5.66.